The highest BCUT2D eigenvalue weighted by molar-refractivity contribution is 7.10. The highest BCUT2D eigenvalue weighted by Crippen LogP contribution is 2.43. The maximum Gasteiger partial charge on any atom is 0.336 e. The van der Waals surface area contributed by atoms with E-state index >= 15 is 0 Å². The SMILES string of the molecule is O=C(O)c1ccsc1C1(O)C(=O)Nc2ccccc21. The molecule has 0 radical (unpaired) electrons. The third-order valence-corrected chi connectivity index (χ3v) is 4.14. The first kappa shape index (κ1) is 11.9. The number of benzene rings is 1. The maximum absolute atomic E-state index is 12.1. The van der Waals surface area contributed by atoms with E-state index < -0.39 is 17.5 Å². The van der Waals surface area contributed by atoms with Crippen molar-refractivity contribution in [3.05, 3.63) is 51.7 Å². The van der Waals surface area contributed by atoms with Crippen LogP contribution in [-0.2, 0) is 10.4 Å². The first-order valence-corrected chi connectivity index (χ1v) is 6.37. The summed E-state index contributed by atoms with van der Waals surface area (Å²) in [7, 11) is 0. The minimum Gasteiger partial charge on any atom is -0.478 e. The van der Waals surface area contributed by atoms with Crippen molar-refractivity contribution in [2.45, 2.75) is 5.60 Å². The number of hydrogen-bond acceptors (Lipinski definition) is 4. The number of anilines is 1. The highest BCUT2D eigenvalue weighted by Gasteiger charge is 2.49. The number of nitrogens with one attached hydrogen (secondary N) is 1. The number of carbonyl (C=O) groups is 2. The molecule has 3 rings (SSSR count). The van der Waals surface area contributed by atoms with Crippen LogP contribution in [0, 0.1) is 0 Å². The number of hydrogen-bond donors (Lipinski definition) is 3. The quantitative estimate of drug-likeness (QED) is 0.777. The lowest BCUT2D eigenvalue weighted by Gasteiger charge is -2.20. The minimum atomic E-state index is -1.93. The fraction of sp³-hybridized carbons (Fsp3) is 0.0769. The van der Waals surface area contributed by atoms with Gasteiger partial charge in [-0.1, -0.05) is 18.2 Å². The number of rotatable bonds is 2. The van der Waals surface area contributed by atoms with Gasteiger partial charge < -0.3 is 15.5 Å². The van der Waals surface area contributed by atoms with Crippen LogP contribution in [0.3, 0.4) is 0 Å². The van der Waals surface area contributed by atoms with Crippen molar-refractivity contribution in [3.8, 4) is 0 Å². The van der Waals surface area contributed by atoms with Crippen LogP contribution in [-0.4, -0.2) is 22.1 Å². The molecule has 1 aromatic heterocycles. The summed E-state index contributed by atoms with van der Waals surface area (Å²) < 4.78 is 0. The zero-order valence-electron chi connectivity index (χ0n) is 9.58. The molecule has 0 spiro atoms. The molecule has 6 heteroatoms. The molecule has 5 nitrogen and oxygen atoms in total. The Labute approximate surface area is 112 Å². The lowest BCUT2D eigenvalue weighted by Crippen LogP contribution is -2.35. The van der Waals surface area contributed by atoms with E-state index in [1.54, 1.807) is 29.6 Å². The first-order valence-electron chi connectivity index (χ1n) is 5.49. The molecule has 19 heavy (non-hydrogen) atoms. The molecule has 1 unspecified atom stereocenters. The Morgan fingerprint density at radius 2 is 2.00 bits per heavy atom. The molecular formula is C13H9NO4S. The zero-order chi connectivity index (χ0) is 13.6. The summed E-state index contributed by atoms with van der Waals surface area (Å²) in [5, 5.41) is 24.0. The molecule has 96 valence electrons. The van der Waals surface area contributed by atoms with Crippen LogP contribution >= 0.6 is 11.3 Å². The van der Waals surface area contributed by atoms with Crippen molar-refractivity contribution in [2.75, 3.05) is 5.32 Å². The molecular weight excluding hydrogens is 266 g/mol. The van der Waals surface area contributed by atoms with E-state index in [4.69, 9.17) is 5.11 Å². The number of aliphatic hydroxyl groups is 1. The summed E-state index contributed by atoms with van der Waals surface area (Å²) in [5.74, 6) is -1.79. The van der Waals surface area contributed by atoms with Gasteiger partial charge in [0.25, 0.3) is 5.91 Å². The number of para-hydroxylation sites is 1. The third kappa shape index (κ3) is 1.50. The predicted octanol–water partition coefficient (Wildman–Crippen LogP) is 1.63. The van der Waals surface area contributed by atoms with Crippen LogP contribution < -0.4 is 5.32 Å². The van der Waals surface area contributed by atoms with Gasteiger partial charge in [-0.15, -0.1) is 11.3 Å². The number of carboxylic acid groups (broad SMARTS) is 1. The van der Waals surface area contributed by atoms with E-state index in [1.165, 1.54) is 6.07 Å². The lowest BCUT2D eigenvalue weighted by atomic mass is 9.91. The van der Waals surface area contributed by atoms with Crippen molar-refractivity contribution in [2.24, 2.45) is 0 Å². The summed E-state index contributed by atoms with van der Waals surface area (Å²) in [5.41, 5.74) is -1.11. The second kappa shape index (κ2) is 3.91. The summed E-state index contributed by atoms with van der Waals surface area (Å²) in [4.78, 5) is 23.4. The maximum atomic E-state index is 12.1. The van der Waals surface area contributed by atoms with Crippen molar-refractivity contribution >= 4 is 28.9 Å². The highest BCUT2D eigenvalue weighted by atomic mass is 32.1. The van der Waals surface area contributed by atoms with E-state index in [2.05, 4.69) is 5.32 Å². The summed E-state index contributed by atoms with van der Waals surface area (Å²) in [6.45, 7) is 0. The lowest BCUT2D eigenvalue weighted by molar-refractivity contribution is -0.129. The molecule has 1 atom stereocenters. The Morgan fingerprint density at radius 3 is 2.74 bits per heavy atom. The van der Waals surface area contributed by atoms with Crippen LogP contribution in [0.5, 0.6) is 0 Å². The third-order valence-electron chi connectivity index (χ3n) is 3.12. The standard InChI is InChI=1S/C13H9NO4S/c15-11(16)7-5-6-19-10(7)13(18)8-3-1-2-4-9(8)14-12(13)17/h1-6,18H,(H,14,17)(H,15,16). The molecule has 0 aliphatic carbocycles. The summed E-state index contributed by atoms with van der Waals surface area (Å²) in [6.07, 6.45) is 0. The summed E-state index contributed by atoms with van der Waals surface area (Å²) >= 11 is 1.05. The fourth-order valence-electron chi connectivity index (χ4n) is 2.23. The topological polar surface area (TPSA) is 86.6 Å². The van der Waals surface area contributed by atoms with E-state index in [9.17, 15) is 14.7 Å². The summed E-state index contributed by atoms with van der Waals surface area (Å²) in [6, 6.07) is 8.09. The Balaban J connectivity index is 2.26. The van der Waals surface area contributed by atoms with Crippen LogP contribution in [0.4, 0.5) is 5.69 Å². The molecule has 0 bridgehead atoms. The van der Waals surface area contributed by atoms with Crippen molar-refractivity contribution in [3.63, 3.8) is 0 Å². The molecule has 1 aliphatic heterocycles. The fourth-order valence-corrected chi connectivity index (χ4v) is 3.22. The van der Waals surface area contributed by atoms with Gasteiger partial charge in [-0.2, -0.15) is 0 Å². The Hall–Kier alpha value is -2.18. The normalized spacial score (nSPS) is 21.0. The smallest absolute Gasteiger partial charge is 0.336 e. The van der Waals surface area contributed by atoms with E-state index in [0.717, 1.165) is 11.3 Å². The Bertz CT molecular complexity index is 693. The molecule has 2 aromatic rings. The molecule has 0 fully saturated rings. The molecule has 0 saturated heterocycles. The van der Waals surface area contributed by atoms with Crippen LogP contribution in [0.2, 0.25) is 0 Å². The number of carbonyl (C=O) groups excluding carboxylic acids is 1. The van der Waals surface area contributed by atoms with Gasteiger partial charge in [-0.3, -0.25) is 4.79 Å². The van der Waals surface area contributed by atoms with Gasteiger partial charge in [-0.25, -0.2) is 4.79 Å². The van der Waals surface area contributed by atoms with Crippen LogP contribution in [0.25, 0.3) is 0 Å². The van der Waals surface area contributed by atoms with Crippen molar-refractivity contribution < 1.29 is 19.8 Å². The predicted molar refractivity (Wildman–Crippen MR) is 69.3 cm³/mol. The van der Waals surface area contributed by atoms with Crippen molar-refractivity contribution in [1.29, 1.82) is 0 Å². The molecule has 1 aromatic carbocycles. The molecule has 2 heterocycles. The minimum absolute atomic E-state index is 0.0562. The van der Waals surface area contributed by atoms with Gasteiger partial charge in [0, 0.05) is 11.3 Å². The van der Waals surface area contributed by atoms with E-state index in [0.29, 0.717) is 11.3 Å². The Kier molecular flexibility index (Phi) is 2.44. The number of carboxylic acids is 1. The monoisotopic (exact) mass is 275 g/mol. The largest absolute Gasteiger partial charge is 0.478 e. The second-order valence-corrected chi connectivity index (χ2v) is 5.09. The molecule has 1 amide bonds. The van der Waals surface area contributed by atoms with Gasteiger partial charge in [0.05, 0.1) is 10.4 Å². The van der Waals surface area contributed by atoms with Crippen LogP contribution in [0.1, 0.15) is 20.8 Å². The van der Waals surface area contributed by atoms with Gasteiger partial charge >= 0.3 is 5.97 Å². The van der Waals surface area contributed by atoms with Gasteiger partial charge in [0.1, 0.15) is 0 Å². The number of amides is 1. The second-order valence-electron chi connectivity index (χ2n) is 4.18. The average Bonchev–Trinajstić information content (AvgIpc) is 2.95. The average molecular weight is 275 g/mol. The van der Waals surface area contributed by atoms with Gasteiger partial charge in [0.15, 0.2) is 0 Å². The Morgan fingerprint density at radius 1 is 1.26 bits per heavy atom. The van der Waals surface area contributed by atoms with E-state index in [-0.39, 0.29) is 10.4 Å². The number of fused-ring (bicyclic) bond motifs is 1. The zero-order valence-corrected chi connectivity index (χ0v) is 10.4. The number of aromatic carboxylic acids is 1. The van der Waals surface area contributed by atoms with Crippen LogP contribution in [0.15, 0.2) is 35.7 Å². The van der Waals surface area contributed by atoms with Crippen molar-refractivity contribution in [1.82, 2.24) is 0 Å². The van der Waals surface area contributed by atoms with E-state index in [1.807, 2.05) is 0 Å². The van der Waals surface area contributed by atoms with Gasteiger partial charge in [-0.05, 0) is 17.5 Å². The molecule has 1 aliphatic rings. The molecule has 0 saturated carbocycles. The first-order chi connectivity index (χ1) is 9.05. The molecule has 3 N–H and O–H groups in total. The van der Waals surface area contributed by atoms with Gasteiger partial charge in [0.2, 0.25) is 5.60 Å². The number of thiophene rings is 1.